The SMILES string of the molecule is Cc1nc2c(n1C1CCOCC1)CCNC2. The fraction of sp³-hybridized carbons (Fsp3) is 0.750. The number of imidazole rings is 1. The van der Waals surface area contributed by atoms with Crippen LogP contribution in [0.1, 0.15) is 36.1 Å². The Morgan fingerprint density at radius 1 is 1.38 bits per heavy atom. The first-order valence-corrected chi connectivity index (χ1v) is 6.21. The molecule has 1 aromatic rings. The van der Waals surface area contributed by atoms with E-state index in [4.69, 9.17) is 4.74 Å². The van der Waals surface area contributed by atoms with Gasteiger partial charge in [-0.05, 0) is 19.8 Å². The molecule has 0 saturated carbocycles. The van der Waals surface area contributed by atoms with Gasteiger partial charge in [0.1, 0.15) is 5.82 Å². The highest BCUT2D eigenvalue weighted by molar-refractivity contribution is 5.21. The van der Waals surface area contributed by atoms with Crippen molar-refractivity contribution in [3.8, 4) is 0 Å². The predicted molar refractivity (Wildman–Crippen MR) is 61.5 cm³/mol. The van der Waals surface area contributed by atoms with Gasteiger partial charge in [-0.1, -0.05) is 0 Å². The normalized spacial score (nSPS) is 22.1. The monoisotopic (exact) mass is 221 g/mol. The van der Waals surface area contributed by atoms with Crippen molar-refractivity contribution in [2.75, 3.05) is 19.8 Å². The van der Waals surface area contributed by atoms with Crippen LogP contribution in [-0.2, 0) is 17.7 Å². The van der Waals surface area contributed by atoms with Gasteiger partial charge in [-0.2, -0.15) is 0 Å². The average molecular weight is 221 g/mol. The molecule has 0 aromatic carbocycles. The largest absolute Gasteiger partial charge is 0.381 e. The Hall–Kier alpha value is -0.870. The first kappa shape index (κ1) is 10.3. The maximum atomic E-state index is 5.44. The van der Waals surface area contributed by atoms with Gasteiger partial charge in [0.25, 0.3) is 0 Å². The van der Waals surface area contributed by atoms with Gasteiger partial charge in [0.05, 0.1) is 5.69 Å². The van der Waals surface area contributed by atoms with E-state index in [-0.39, 0.29) is 0 Å². The molecule has 1 fully saturated rings. The number of hydrogen-bond donors (Lipinski definition) is 1. The molecule has 0 atom stereocenters. The molecule has 0 amide bonds. The molecule has 2 aliphatic rings. The van der Waals surface area contributed by atoms with Crippen molar-refractivity contribution in [2.24, 2.45) is 0 Å². The van der Waals surface area contributed by atoms with Crippen LogP contribution in [0.5, 0.6) is 0 Å². The van der Waals surface area contributed by atoms with Gasteiger partial charge in [-0.15, -0.1) is 0 Å². The molecule has 0 radical (unpaired) electrons. The van der Waals surface area contributed by atoms with Crippen molar-refractivity contribution in [1.82, 2.24) is 14.9 Å². The lowest BCUT2D eigenvalue weighted by molar-refractivity contribution is 0.0682. The minimum Gasteiger partial charge on any atom is -0.381 e. The lowest BCUT2D eigenvalue weighted by atomic mass is 10.1. The first-order valence-electron chi connectivity index (χ1n) is 6.21. The number of nitrogens with one attached hydrogen (secondary N) is 1. The molecule has 3 heterocycles. The summed E-state index contributed by atoms with van der Waals surface area (Å²) in [4.78, 5) is 4.69. The summed E-state index contributed by atoms with van der Waals surface area (Å²) in [6, 6.07) is 0.614. The van der Waals surface area contributed by atoms with E-state index in [2.05, 4.69) is 21.8 Å². The van der Waals surface area contributed by atoms with Crippen molar-refractivity contribution in [1.29, 1.82) is 0 Å². The number of nitrogens with zero attached hydrogens (tertiary/aromatic N) is 2. The van der Waals surface area contributed by atoms with Crippen LogP contribution >= 0.6 is 0 Å². The maximum Gasteiger partial charge on any atom is 0.106 e. The van der Waals surface area contributed by atoms with Crippen molar-refractivity contribution < 1.29 is 4.74 Å². The second kappa shape index (κ2) is 4.18. The lowest BCUT2D eigenvalue weighted by Crippen LogP contribution is -2.27. The van der Waals surface area contributed by atoms with Gasteiger partial charge in [0.15, 0.2) is 0 Å². The molecule has 1 aromatic heterocycles. The molecular formula is C12H19N3O. The zero-order chi connectivity index (χ0) is 11.0. The van der Waals surface area contributed by atoms with Gasteiger partial charge in [0.2, 0.25) is 0 Å². The number of fused-ring (bicyclic) bond motifs is 1. The summed E-state index contributed by atoms with van der Waals surface area (Å²) in [7, 11) is 0. The van der Waals surface area contributed by atoms with Gasteiger partial charge in [-0.25, -0.2) is 4.98 Å². The number of aromatic nitrogens is 2. The van der Waals surface area contributed by atoms with Crippen LogP contribution in [0.25, 0.3) is 0 Å². The smallest absolute Gasteiger partial charge is 0.106 e. The van der Waals surface area contributed by atoms with E-state index in [0.29, 0.717) is 6.04 Å². The van der Waals surface area contributed by atoms with Crippen molar-refractivity contribution in [2.45, 2.75) is 38.8 Å². The molecule has 16 heavy (non-hydrogen) atoms. The minimum absolute atomic E-state index is 0.614. The Kier molecular flexibility index (Phi) is 2.69. The lowest BCUT2D eigenvalue weighted by Gasteiger charge is -2.27. The van der Waals surface area contributed by atoms with Gasteiger partial charge >= 0.3 is 0 Å². The molecule has 1 N–H and O–H groups in total. The summed E-state index contributed by atoms with van der Waals surface area (Å²) < 4.78 is 7.91. The number of aryl methyl sites for hydroxylation is 1. The van der Waals surface area contributed by atoms with E-state index in [0.717, 1.165) is 45.6 Å². The Balaban J connectivity index is 1.95. The standard InChI is InChI=1S/C12H19N3O/c1-9-14-11-8-13-5-2-12(11)15(9)10-3-6-16-7-4-10/h10,13H,2-8H2,1H3. The molecule has 0 aliphatic carbocycles. The second-order valence-electron chi connectivity index (χ2n) is 4.69. The summed E-state index contributed by atoms with van der Waals surface area (Å²) in [5.41, 5.74) is 2.72. The molecular weight excluding hydrogens is 202 g/mol. The Morgan fingerprint density at radius 2 is 2.19 bits per heavy atom. The van der Waals surface area contributed by atoms with Crippen molar-refractivity contribution in [3.63, 3.8) is 0 Å². The van der Waals surface area contributed by atoms with Crippen LogP contribution in [0.2, 0.25) is 0 Å². The minimum atomic E-state index is 0.614. The molecule has 4 heteroatoms. The first-order chi connectivity index (χ1) is 7.86. The third-order valence-corrected chi connectivity index (χ3v) is 3.66. The number of rotatable bonds is 1. The Morgan fingerprint density at radius 3 is 3.00 bits per heavy atom. The molecule has 88 valence electrons. The van der Waals surface area contributed by atoms with Crippen molar-refractivity contribution >= 4 is 0 Å². The van der Waals surface area contributed by atoms with Gasteiger partial charge in [-0.3, -0.25) is 0 Å². The van der Waals surface area contributed by atoms with E-state index >= 15 is 0 Å². The third-order valence-electron chi connectivity index (χ3n) is 3.66. The molecule has 0 spiro atoms. The molecule has 3 rings (SSSR count). The summed E-state index contributed by atoms with van der Waals surface area (Å²) >= 11 is 0. The van der Waals surface area contributed by atoms with Crippen LogP contribution in [0, 0.1) is 6.92 Å². The average Bonchev–Trinajstić information content (AvgIpc) is 2.66. The van der Waals surface area contributed by atoms with Crippen LogP contribution in [0.4, 0.5) is 0 Å². The summed E-state index contributed by atoms with van der Waals surface area (Å²) in [6.45, 7) is 5.95. The summed E-state index contributed by atoms with van der Waals surface area (Å²) in [5.74, 6) is 1.18. The predicted octanol–water partition coefficient (Wildman–Crippen LogP) is 1.19. The van der Waals surface area contributed by atoms with Gasteiger partial charge < -0.3 is 14.6 Å². The highest BCUT2D eigenvalue weighted by Crippen LogP contribution is 2.27. The number of ether oxygens (including phenoxy) is 1. The zero-order valence-electron chi connectivity index (χ0n) is 9.83. The molecule has 2 aliphatic heterocycles. The van der Waals surface area contributed by atoms with Crippen LogP contribution < -0.4 is 5.32 Å². The highest BCUT2D eigenvalue weighted by atomic mass is 16.5. The fourth-order valence-electron chi connectivity index (χ4n) is 2.90. The number of hydrogen-bond acceptors (Lipinski definition) is 3. The zero-order valence-corrected chi connectivity index (χ0v) is 9.83. The van der Waals surface area contributed by atoms with E-state index in [1.165, 1.54) is 17.2 Å². The Labute approximate surface area is 96.0 Å². The Bertz CT molecular complexity index is 380. The third kappa shape index (κ3) is 1.66. The quantitative estimate of drug-likeness (QED) is 0.774. The molecule has 4 nitrogen and oxygen atoms in total. The second-order valence-corrected chi connectivity index (χ2v) is 4.69. The fourth-order valence-corrected chi connectivity index (χ4v) is 2.90. The van der Waals surface area contributed by atoms with Crippen LogP contribution in [0.3, 0.4) is 0 Å². The summed E-state index contributed by atoms with van der Waals surface area (Å²) in [5, 5.41) is 3.38. The van der Waals surface area contributed by atoms with E-state index in [1.807, 2.05) is 0 Å². The van der Waals surface area contributed by atoms with E-state index in [9.17, 15) is 0 Å². The van der Waals surface area contributed by atoms with Crippen LogP contribution in [-0.4, -0.2) is 29.3 Å². The highest BCUT2D eigenvalue weighted by Gasteiger charge is 2.24. The van der Waals surface area contributed by atoms with Crippen LogP contribution in [0.15, 0.2) is 0 Å². The molecule has 1 saturated heterocycles. The van der Waals surface area contributed by atoms with E-state index < -0.39 is 0 Å². The molecule has 0 unspecified atom stereocenters. The van der Waals surface area contributed by atoms with Crippen molar-refractivity contribution in [3.05, 3.63) is 17.2 Å². The summed E-state index contributed by atoms with van der Waals surface area (Å²) in [6.07, 6.45) is 3.39. The maximum absolute atomic E-state index is 5.44. The van der Waals surface area contributed by atoms with Gasteiger partial charge in [0, 0.05) is 44.5 Å². The topological polar surface area (TPSA) is 39.1 Å². The van der Waals surface area contributed by atoms with E-state index in [1.54, 1.807) is 0 Å². The molecule has 0 bridgehead atoms.